The van der Waals surface area contributed by atoms with Crippen LogP contribution < -0.4 is 0 Å². The molecule has 3 aliphatic rings. The van der Waals surface area contributed by atoms with Crippen molar-refractivity contribution in [2.75, 3.05) is 13.2 Å². The van der Waals surface area contributed by atoms with Crippen molar-refractivity contribution in [3.8, 4) is 0 Å². The Morgan fingerprint density at radius 2 is 1.29 bits per heavy atom. The second kappa shape index (κ2) is 6.50. The van der Waals surface area contributed by atoms with Crippen LogP contribution in [0.1, 0.15) is 64.2 Å². The molecule has 0 radical (unpaired) electrons. The van der Waals surface area contributed by atoms with Gasteiger partial charge in [-0.2, -0.15) is 0 Å². The van der Waals surface area contributed by atoms with E-state index in [0.717, 1.165) is 51.7 Å². The van der Waals surface area contributed by atoms with Gasteiger partial charge in [0.1, 0.15) is 5.78 Å². The number of hydrogen-bond acceptors (Lipinski definition) is 3. The molecule has 0 aromatic carbocycles. The lowest BCUT2D eigenvalue weighted by Gasteiger charge is -2.30. The molecular weight excluding hydrogens is 216 g/mol. The highest BCUT2D eigenvalue weighted by Crippen LogP contribution is 2.35. The zero-order chi connectivity index (χ0) is 12.0. The number of carbonyl (C=O) groups is 1. The molecule has 17 heavy (non-hydrogen) atoms. The quantitative estimate of drug-likeness (QED) is 0.652. The number of rotatable bonds is 0. The Hall–Kier alpha value is -0.410. The van der Waals surface area contributed by atoms with Crippen LogP contribution in [0.25, 0.3) is 0 Å². The Morgan fingerprint density at radius 3 is 1.76 bits per heavy atom. The summed E-state index contributed by atoms with van der Waals surface area (Å²) in [5.74, 6) is 0.337. The van der Waals surface area contributed by atoms with Crippen molar-refractivity contribution >= 4 is 5.78 Å². The Bertz CT molecular complexity index is 228. The monoisotopic (exact) mass is 240 g/mol. The van der Waals surface area contributed by atoms with Gasteiger partial charge in [-0.25, -0.2) is 0 Å². The van der Waals surface area contributed by atoms with Crippen molar-refractivity contribution < 1.29 is 14.3 Å². The van der Waals surface area contributed by atoms with Gasteiger partial charge < -0.3 is 9.47 Å². The lowest BCUT2D eigenvalue weighted by atomic mass is 9.94. The second-order valence-corrected chi connectivity index (χ2v) is 5.27. The van der Waals surface area contributed by atoms with Crippen LogP contribution >= 0.6 is 0 Å². The fourth-order valence-electron chi connectivity index (χ4n) is 2.82. The summed E-state index contributed by atoms with van der Waals surface area (Å²) in [6.45, 7) is 1.61. The smallest absolute Gasteiger partial charge is 0.168 e. The Balaban J connectivity index is 0.000000136. The molecule has 3 nitrogen and oxygen atoms in total. The number of ketones is 1. The van der Waals surface area contributed by atoms with Crippen molar-refractivity contribution in [1.29, 1.82) is 0 Å². The number of ether oxygens (including phenoxy) is 2. The van der Waals surface area contributed by atoms with E-state index in [2.05, 4.69) is 0 Å². The normalized spacial score (nSPS) is 27.6. The van der Waals surface area contributed by atoms with Gasteiger partial charge in [0.2, 0.25) is 0 Å². The van der Waals surface area contributed by atoms with E-state index in [9.17, 15) is 4.79 Å². The van der Waals surface area contributed by atoms with Crippen molar-refractivity contribution in [2.24, 2.45) is 0 Å². The molecule has 0 bridgehead atoms. The largest absolute Gasteiger partial charge is 0.348 e. The average molecular weight is 240 g/mol. The molecule has 0 aromatic rings. The molecule has 1 heterocycles. The van der Waals surface area contributed by atoms with E-state index in [1.807, 2.05) is 0 Å². The molecule has 3 rings (SSSR count). The number of hydrogen-bond donors (Lipinski definition) is 0. The molecule has 2 aliphatic carbocycles. The lowest BCUT2D eigenvalue weighted by Crippen LogP contribution is -2.32. The first kappa shape index (κ1) is 13.0. The highest BCUT2D eigenvalue weighted by atomic mass is 16.7. The minimum Gasteiger partial charge on any atom is -0.348 e. The van der Waals surface area contributed by atoms with Gasteiger partial charge in [0, 0.05) is 25.7 Å². The van der Waals surface area contributed by atoms with Gasteiger partial charge in [-0.3, -0.25) is 4.79 Å². The van der Waals surface area contributed by atoms with Gasteiger partial charge in [0.05, 0.1) is 13.2 Å². The summed E-state index contributed by atoms with van der Waals surface area (Å²) in [6, 6.07) is 0. The summed E-state index contributed by atoms with van der Waals surface area (Å²) < 4.78 is 11.1. The highest BCUT2D eigenvalue weighted by Gasteiger charge is 2.37. The van der Waals surface area contributed by atoms with Gasteiger partial charge in [-0.05, 0) is 25.7 Å². The Morgan fingerprint density at radius 1 is 0.765 bits per heavy atom. The summed E-state index contributed by atoms with van der Waals surface area (Å²) in [5.41, 5.74) is 0. The van der Waals surface area contributed by atoms with Crippen LogP contribution in [0.5, 0.6) is 0 Å². The van der Waals surface area contributed by atoms with Gasteiger partial charge >= 0.3 is 0 Å². The summed E-state index contributed by atoms with van der Waals surface area (Å²) >= 11 is 0. The third kappa shape index (κ3) is 4.07. The van der Waals surface area contributed by atoms with Gasteiger partial charge in [0.25, 0.3) is 0 Å². The molecule has 1 aliphatic heterocycles. The molecule has 0 amide bonds. The molecule has 0 unspecified atom stereocenters. The van der Waals surface area contributed by atoms with Crippen LogP contribution in [0.2, 0.25) is 0 Å². The van der Waals surface area contributed by atoms with Crippen LogP contribution in [0.4, 0.5) is 0 Å². The van der Waals surface area contributed by atoms with E-state index in [1.165, 1.54) is 25.7 Å². The molecule has 0 aromatic heterocycles. The predicted molar refractivity (Wildman–Crippen MR) is 65.8 cm³/mol. The molecule has 1 spiro atoms. The van der Waals surface area contributed by atoms with Crippen LogP contribution in [-0.4, -0.2) is 24.8 Å². The van der Waals surface area contributed by atoms with Gasteiger partial charge in [-0.15, -0.1) is 0 Å². The van der Waals surface area contributed by atoms with Crippen molar-refractivity contribution in [1.82, 2.24) is 0 Å². The number of Topliss-reactive ketones (excluding diaryl/α,β-unsaturated/α-hetero) is 1. The van der Waals surface area contributed by atoms with Crippen LogP contribution in [-0.2, 0) is 14.3 Å². The topological polar surface area (TPSA) is 35.5 Å². The first-order chi connectivity index (χ1) is 8.31. The van der Waals surface area contributed by atoms with Gasteiger partial charge in [-0.1, -0.05) is 12.8 Å². The van der Waals surface area contributed by atoms with E-state index in [0.29, 0.717) is 5.78 Å². The summed E-state index contributed by atoms with van der Waals surface area (Å²) in [5, 5.41) is 0. The predicted octanol–water partition coefficient (Wildman–Crippen LogP) is 3.21. The van der Waals surface area contributed by atoms with E-state index in [4.69, 9.17) is 9.47 Å². The highest BCUT2D eigenvalue weighted by molar-refractivity contribution is 5.78. The van der Waals surface area contributed by atoms with Crippen molar-refractivity contribution in [2.45, 2.75) is 70.0 Å². The Labute approximate surface area is 104 Å². The van der Waals surface area contributed by atoms with E-state index < -0.39 is 0 Å². The van der Waals surface area contributed by atoms with Gasteiger partial charge in [0.15, 0.2) is 5.79 Å². The fraction of sp³-hybridized carbons (Fsp3) is 0.929. The molecule has 3 fully saturated rings. The second-order valence-electron chi connectivity index (χ2n) is 5.27. The van der Waals surface area contributed by atoms with Crippen LogP contribution in [0.15, 0.2) is 0 Å². The van der Waals surface area contributed by atoms with E-state index >= 15 is 0 Å². The molecule has 1 saturated heterocycles. The minimum atomic E-state index is -0.127. The summed E-state index contributed by atoms with van der Waals surface area (Å²) in [4.78, 5) is 10.5. The van der Waals surface area contributed by atoms with Crippen LogP contribution in [0, 0.1) is 0 Å². The zero-order valence-electron chi connectivity index (χ0n) is 10.7. The fourth-order valence-corrected chi connectivity index (χ4v) is 2.82. The molecule has 0 atom stereocenters. The molecular formula is C14H24O3. The SMILES string of the molecule is C1CCC2(CC1)OCCO2.O=C1CCCCC1. The third-order valence-electron chi connectivity index (χ3n) is 3.84. The third-order valence-corrected chi connectivity index (χ3v) is 3.84. The van der Waals surface area contributed by atoms with Crippen LogP contribution in [0.3, 0.4) is 0 Å². The lowest BCUT2D eigenvalue weighted by molar-refractivity contribution is -0.176. The molecule has 2 saturated carbocycles. The first-order valence-corrected chi connectivity index (χ1v) is 7.10. The minimum absolute atomic E-state index is 0.127. The van der Waals surface area contributed by atoms with Crippen molar-refractivity contribution in [3.63, 3.8) is 0 Å². The van der Waals surface area contributed by atoms with E-state index in [1.54, 1.807) is 0 Å². The average Bonchev–Trinajstić information content (AvgIpc) is 2.80. The maximum absolute atomic E-state index is 10.5. The summed E-state index contributed by atoms with van der Waals surface area (Å²) in [6.07, 6.45) is 11.4. The maximum atomic E-state index is 10.5. The standard InChI is InChI=1S/C8H14O2.C6H10O/c1-2-4-8(5-3-1)9-6-7-10-8;7-6-4-2-1-3-5-6/h1-7H2;1-5H2. The maximum Gasteiger partial charge on any atom is 0.168 e. The summed E-state index contributed by atoms with van der Waals surface area (Å²) in [7, 11) is 0. The number of carbonyl (C=O) groups excluding carboxylic acids is 1. The zero-order valence-corrected chi connectivity index (χ0v) is 10.7. The molecule has 0 N–H and O–H groups in total. The molecule has 98 valence electrons. The molecule has 3 heteroatoms. The van der Waals surface area contributed by atoms with E-state index in [-0.39, 0.29) is 5.79 Å². The first-order valence-electron chi connectivity index (χ1n) is 7.10. The Kier molecular flexibility index (Phi) is 4.99. The van der Waals surface area contributed by atoms with Crippen molar-refractivity contribution in [3.05, 3.63) is 0 Å².